The number of nitrogens with zero attached hydrogens (tertiary/aromatic N) is 1. The van der Waals surface area contributed by atoms with Gasteiger partial charge in [-0.2, -0.15) is 0 Å². The highest BCUT2D eigenvalue weighted by molar-refractivity contribution is 5.98. The lowest BCUT2D eigenvalue weighted by atomic mass is 10.1. The highest BCUT2D eigenvalue weighted by Gasteiger charge is 2.30. The number of esters is 2. The number of piperazine rings is 1. The number of carbonyl (C=O) groups is 2. The van der Waals surface area contributed by atoms with Crippen molar-refractivity contribution in [3.8, 4) is 0 Å². The summed E-state index contributed by atoms with van der Waals surface area (Å²) in [4.78, 5) is 26.1. The van der Waals surface area contributed by atoms with Crippen LogP contribution in [0.25, 0.3) is 0 Å². The van der Waals surface area contributed by atoms with Crippen LogP contribution in [0, 0.1) is 0 Å². The van der Waals surface area contributed by atoms with Crippen molar-refractivity contribution in [1.29, 1.82) is 0 Å². The molecule has 0 amide bonds. The van der Waals surface area contributed by atoms with Gasteiger partial charge in [0.2, 0.25) is 0 Å². The number of benzene rings is 1. The van der Waals surface area contributed by atoms with E-state index in [9.17, 15) is 9.59 Å². The number of nitrogens with one attached hydrogen (secondary N) is 1. The smallest absolute Gasteiger partial charge is 0.340 e. The molecule has 0 bridgehead atoms. The van der Waals surface area contributed by atoms with Gasteiger partial charge in [0.05, 0.1) is 24.0 Å². The molecule has 0 radical (unpaired) electrons. The number of hydrogen-bond acceptors (Lipinski definition) is 7. The molecule has 1 atom stereocenters. The monoisotopic (exact) mass is 335 g/mol. The molecular formula is C17H25N3O4. The van der Waals surface area contributed by atoms with Crippen LogP contribution in [0.15, 0.2) is 18.2 Å². The van der Waals surface area contributed by atoms with Crippen LogP contribution in [0.1, 0.15) is 31.1 Å². The van der Waals surface area contributed by atoms with E-state index in [0.29, 0.717) is 36.6 Å². The number of ether oxygens (including phenoxy) is 2. The van der Waals surface area contributed by atoms with Gasteiger partial charge in [-0.05, 0) is 32.9 Å². The number of methoxy groups -OCH3 is 1. The van der Waals surface area contributed by atoms with Crippen molar-refractivity contribution in [2.45, 2.75) is 32.4 Å². The molecule has 2 rings (SSSR count). The highest BCUT2D eigenvalue weighted by atomic mass is 16.6. The molecule has 1 aliphatic rings. The summed E-state index contributed by atoms with van der Waals surface area (Å²) in [5, 5.41) is 3.16. The molecule has 0 aromatic heterocycles. The first-order valence-electron chi connectivity index (χ1n) is 7.91. The van der Waals surface area contributed by atoms with Gasteiger partial charge >= 0.3 is 11.9 Å². The maximum Gasteiger partial charge on any atom is 0.340 e. The molecule has 1 aliphatic heterocycles. The Labute approximate surface area is 142 Å². The van der Waals surface area contributed by atoms with E-state index in [1.807, 2.05) is 31.7 Å². The number of para-hydroxylation sites is 1. The molecular weight excluding hydrogens is 310 g/mol. The maximum atomic E-state index is 12.3. The van der Waals surface area contributed by atoms with Crippen molar-refractivity contribution < 1.29 is 19.1 Å². The summed E-state index contributed by atoms with van der Waals surface area (Å²) in [5.41, 5.74) is 6.99. The molecule has 0 saturated carbocycles. The minimum Gasteiger partial charge on any atom is -0.465 e. The Bertz CT molecular complexity index is 625. The van der Waals surface area contributed by atoms with Crippen LogP contribution in [0.5, 0.6) is 0 Å². The summed E-state index contributed by atoms with van der Waals surface area (Å²) in [6.45, 7) is 7.22. The molecule has 1 aromatic rings. The van der Waals surface area contributed by atoms with Crippen LogP contribution in [-0.4, -0.2) is 50.3 Å². The largest absolute Gasteiger partial charge is 0.465 e. The number of nitrogen functional groups attached to an aromatic ring is 1. The minimum absolute atomic E-state index is 0.296. The molecule has 1 heterocycles. The van der Waals surface area contributed by atoms with Crippen molar-refractivity contribution in [2.24, 2.45) is 0 Å². The van der Waals surface area contributed by atoms with Gasteiger partial charge in [-0.1, -0.05) is 6.07 Å². The van der Waals surface area contributed by atoms with Gasteiger partial charge in [-0.3, -0.25) is 4.79 Å². The van der Waals surface area contributed by atoms with Gasteiger partial charge in [0, 0.05) is 19.6 Å². The third-order valence-corrected chi connectivity index (χ3v) is 3.70. The number of hydrogen-bond donors (Lipinski definition) is 2. The van der Waals surface area contributed by atoms with E-state index >= 15 is 0 Å². The Balaban J connectivity index is 2.18. The summed E-state index contributed by atoms with van der Waals surface area (Å²) in [7, 11) is 1.32. The molecule has 132 valence electrons. The first-order valence-corrected chi connectivity index (χ1v) is 7.91. The van der Waals surface area contributed by atoms with Crippen LogP contribution < -0.4 is 16.0 Å². The fourth-order valence-corrected chi connectivity index (χ4v) is 2.62. The topological polar surface area (TPSA) is 93.9 Å². The predicted octanol–water partition coefficient (Wildman–Crippen LogP) is 1.18. The SMILES string of the molecule is COC(=O)c1cccc(N2CCNC(C(=O)OC(C)(C)C)C2)c1N. The van der Waals surface area contributed by atoms with Gasteiger partial charge < -0.3 is 25.4 Å². The summed E-state index contributed by atoms with van der Waals surface area (Å²) in [6.07, 6.45) is 0. The first-order chi connectivity index (χ1) is 11.2. The van der Waals surface area contributed by atoms with Crippen LogP contribution in [0.3, 0.4) is 0 Å². The number of rotatable bonds is 3. The zero-order valence-electron chi connectivity index (χ0n) is 14.6. The Hall–Kier alpha value is -2.28. The van der Waals surface area contributed by atoms with E-state index < -0.39 is 17.6 Å². The Morgan fingerprint density at radius 1 is 1.33 bits per heavy atom. The second-order valence-corrected chi connectivity index (χ2v) is 6.72. The lowest BCUT2D eigenvalue weighted by Gasteiger charge is -2.36. The van der Waals surface area contributed by atoms with E-state index in [1.165, 1.54) is 7.11 Å². The van der Waals surface area contributed by atoms with E-state index in [1.54, 1.807) is 12.1 Å². The van der Waals surface area contributed by atoms with Crippen molar-refractivity contribution in [2.75, 3.05) is 37.4 Å². The molecule has 1 saturated heterocycles. The summed E-state index contributed by atoms with van der Waals surface area (Å²) in [6, 6.07) is 4.76. The van der Waals surface area contributed by atoms with Gasteiger partial charge in [0.1, 0.15) is 11.6 Å². The van der Waals surface area contributed by atoms with Crippen LogP contribution in [0.2, 0.25) is 0 Å². The third kappa shape index (κ3) is 4.17. The third-order valence-electron chi connectivity index (χ3n) is 3.70. The Morgan fingerprint density at radius 2 is 2.04 bits per heavy atom. The van der Waals surface area contributed by atoms with Crippen molar-refractivity contribution in [3.63, 3.8) is 0 Å². The van der Waals surface area contributed by atoms with E-state index in [0.717, 1.165) is 0 Å². The number of carbonyl (C=O) groups excluding carboxylic acids is 2. The molecule has 24 heavy (non-hydrogen) atoms. The lowest BCUT2D eigenvalue weighted by molar-refractivity contribution is -0.157. The van der Waals surface area contributed by atoms with Crippen molar-refractivity contribution in [1.82, 2.24) is 5.32 Å². The fourth-order valence-electron chi connectivity index (χ4n) is 2.62. The molecule has 7 nitrogen and oxygen atoms in total. The zero-order chi connectivity index (χ0) is 17.9. The molecule has 0 spiro atoms. The molecule has 1 fully saturated rings. The summed E-state index contributed by atoms with van der Waals surface area (Å²) in [5.74, 6) is -0.775. The van der Waals surface area contributed by atoms with E-state index in [4.69, 9.17) is 15.2 Å². The number of nitrogens with two attached hydrogens (primary N) is 1. The van der Waals surface area contributed by atoms with Gasteiger partial charge in [0.15, 0.2) is 0 Å². The maximum absolute atomic E-state index is 12.3. The molecule has 3 N–H and O–H groups in total. The van der Waals surface area contributed by atoms with E-state index in [-0.39, 0.29) is 5.97 Å². The molecule has 1 aromatic carbocycles. The zero-order valence-corrected chi connectivity index (χ0v) is 14.6. The average molecular weight is 335 g/mol. The fraction of sp³-hybridized carbons (Fsp3) is 0.529. The highest BCUT2D eigenvalue weighted by Crippen LogP contribution is 2.28. The van der Waals surface area contributed by atoms with E-state index in [2.05, 4.69) is 5.32 Å². The van der Waals surface area contributed by atoms with Crippen LogP contribution in [-0.2, 0) is 14.3 Å². The van der Waals surface area contributed by atoms with Gasteiger partial charge in [-0.25, -0.2) is 4.79 Å². The average Bonchev–Trinajstić information content (AvgIpc) is 2.53. The first kappa shape index (κ1) is 18.1. The Kier molecular flexibility index (Phi) is 5.33. The van der Waals surface area contributed by atoms with Crippen molar-refractivity contribution >= 4 is 23.3 Å². The normalized spacial score (nSPS) is 18.2. The molecule has 1 unspecified atom stereocenters. The summed E-state index contributed by atoms with van der Waals surface area (Å²) >= 11 is 0. The second-order valence-electron chi connectivity index (χ2n) is 6.72. The van der Waals surface area contributed by atoms with Gasteiger partial charge in [-0.15, -0.1) is 0 Å². The Morgan fingerprint density at radius 3 is 2.67 bits per heavy atom. The van der Waals surface area contributed by atoms with Crippen molar-refractivity contribution in [3.05, 3.63) is 23.8 Å². The van der Waals surface area contributed by atoms with Crippen LogP contribution in [0.4, 0.5) is 11.4 Å². The van der Waals surface area contributed by atoms with Gasteiger partial charge in [0.25, 0.3) is 0 Å². The van der Waals surface area contributed by atoms with Crippen LogP contribution >= 0.6 is 0 Å². The summed E-state index contributed by atoms with van der Waals surface area (Å²) < 4.78 is 10.2. The lowest BCUT2D eigenvalue weighted by Crippen LogP contribution is -2.55. The predicted molar refractivity (Wildman–Crippen MR) is 92.0 cm³/mol. The number of anilines is 2. The standard InChI is InChI=1S/C17H25N3O4/c1-17(2,3)24-16(22)12-10-20(9-8-19-12)13-7-5-6-11(14(13)18)15(21)23-4/h5-7,12,19H,8-10,18H2,1-4H3. The minimum atomic E-state index is -0.537. The molecule has 0 aliphatic carbocycles. The quantitative estimate of drug-likeness (QED) is 0.632. The second kappa shape index (κ2) is 7.09. The molecule has 7 heteroatoms.